The van der Waals surface area contributed by atoms with Gasteiger partial charge in [0.25, 0.3) is 11.6 Å². The standard InChI is InChI=1S/C16H13N5O3/c17-20-12-8-9-18-15-10(12)5-3-6-13(15)19-16(22)11-4-1-2-7-14(11)21(23)24/h1-9H,17H2,(H,18,20)(H,19,22). The van der Waals surface area contributed by atoms with E-state index in [1.807, 2.05) is 0 Å². The Kier molecular flexibility index (Phi) is 4.04. The molecule has 0 fully saturated rings. The number of hydrogen-bond acceptors (Lipinski definition) is 6. The van der Waals surface area contributed by atoms with Gasteiger partial charge in [-0.15, -0.1) is 0 Å². The highest BCUT2D eigenvalue weighted by Crippen LogP contribution is 2.27. The van der Waals surface area contributed by atoms with Crippen LogP contribution in [0.3, 0.4) is 0 Å². The van der Waals surface area contributed by atoms with Crippen LogP contribution >= 0.6 is 0 Å². The predicted octanol–water partition coefficient (Wildman–Crippen LogP) is 2.68. The Morgan fingerprint density at radius 1 is 1.08 bits per heavy atom. The summed E-state index contributed by atoms with van der Waals surface area (Å²) in [7, 11) is 0. The number of amides is 1. The van der Waals surface area contributed by atoms with Crippen molar-refractivity contribution in [1.29, 1.82) is 0 Å². The highest BCUT2D eigenvalue weighted by atomic mass is 16.6. The summed E-state index contributed by atoms with van der Waals surface area (Å²) in [5.74, 6) is 4.89. The van der Waals surface area contributed by atoms with Gasteiger partial charge in [-0.05, 0) is 18.2 Å². The van der Waals surface area contributed by atoms with E-state index in [9.17, 15) is 14.9 Å². The van der Waals surface area contributed by atoms with Gasteiger partial charge >= 0.3 is 0 Å². The lowest BCUT2D eigenvalue weighted by Gasteiger charge is -2.10. The number of hydrogen-bond donors (Lipinski definition) is 3. The van der Waals surface area contributed by atoms with E-state index in [4.69, 9.17) is 5.84 Å². The van der Waals surface area contributed by atoms with Crippen LogP contribution in [0.1, 0.15) is 10.4 Å². The molecule has 8 nitrogen and oxygen atoms in total. The second-order valence-corrected chi connectivity index (χ2v) is 4.93. The number of para-hydroxylation sites is 2. The van der Waals surface area contributed by atoms with Crippen LogP contribution in [0.25, 0.3) is 10.9 Å². The van der Waals surface area contributed by atoms with Gasteiger partial charge < -0.3 is 10.7 Å². The number of nitrogens with two attached hydrogens (primary N) is 1. The second kappa shape index (κ2) is 6.31. The molecule has 0 aliphatic carbocycles. The molecule has 1 aromatic heterocycles. The lowest BCUT2D eigenvalue weighted by atomic mass is 10.1. The van der Waals surface area contributed by atoms with Crippen molar-refractivity contribution in [1.82, 2.24) is 4.98 Å². The van der Waals surface area contributed by atoms with Crippen LogP contribution in [0.5, 0.6) is 0 Å². The summed E-state index contributed by atoms with van der Waals surface area (Å²) in [5.41, 5.74) is 3.91. The van der Waals surface area contributed by atoms with E-state index in [1.165, 1.54) is 18.2 Å². The van der Waals surface area contributed by atoms with Crippen LogP contribution < -0.4 is 16.6 Å². The minimum Gasteiger partial charge on any atom is -0.323 e. The molecule has 2 aromatic carbocycles. The Balaban J connectivity index is 2.02. The zero-order chi connectivity index (χ0) is 17.1. The van der Waals surface area contributed by atoms with Gasteiger partial charge in [-0.25, -0.2) is 0 Å². The fourth-order valence-corrected chi connectivity index (χ4v) is 2.42. The summed E-state index contributed by atoms with van der Waals surface area (Å²) in [6.45, 7) is 0. The van der Waals surface area contributed by atoms with Crippen LogP contribution in [0.2, 0.25) is 0 Å². The highest BCUT2D eigenvalue weighted by Gasteiger charge is 2.20. The molecule has 1 heterocycles. The molecule has 4 N–H and O–H groups in total. The SMILES string of the molecule is NNc1ccnc2c(NC(=O)c3ccccc3[N+](=O)[O-])cccc12. The average molecular weight is 323 g/mol. The molecular weight excluding hydrogens is 310 g/mol. The van der Waals surface area contributed by atoms with E-state index in [2.05, 4.69) is 15.7 Å². The normalized spacial score (nSPS) is 10.4. The Labute approximate surface area is 136 Å². The van der Waals surface area contributed by atoms with Gasteiger partial charge in [0.1, 0.15) is 5.56 Å². The number of nitro groups is 1. The number of carbonyl (C=O) groups is 1. The van der Waals surface area contributed by atoms with Gasteiger partial charge in [-0.2, -0.15) is 0 Å². The molecule has 3 aromatic rings. The summed E-state index contributed by atoms with van der Waals surface area (Å²) < 4.78 is 0. The Morgan fingerprint density at radius 2 is 1.88 bits per heavy atom. The van der Waals surface area contributed by atoms with Gasteiger partial charge in [-0.3, -0.25) is 25.7 Å². The number of aromatic nitrogens is 1. The highest BCUT2D eigenvalue weighted by molar-refractivity contribution is 6.11. The quantitative estimate of drug-likeness (QED) is 0.385. The summed E-state index contributed by atoms with van der Waals surface area (Å²) in [6.07, 6.45) is 1.55. The number of nitro benzene ring substituents is 1. The number of hydrazine groups is 1. The predicted molar refractivity (Wildman–Crippen MR) is 90.6 cm³/mol. The maximum Gasteiger partial charge on any atom is 0.282 e. The van der Waals surface area contributed by atoms with E-state index in [0.29, 0.717) is 16.9 Å². The van der Waals surface area contributed by atoms with Crippen LogP contribution in [-0.4, -0.2) is 15.8 Å². The first-order valence-electron chi connectivity index (χ1n) is 7.01. The van der Waals surface area contributed by atoms with Crippen molar-refractivity contribution in [3.63, 3.8) is 0 Å². The van der Waals surface area contributed by atoms with Crippen molar-refractivity contribution in [2.75, 3.05) is 10.7 Å². The summed E-state index contributed by atoms with van der Waals surface area (Å²) in [6, 6.07) is 12.7. The topological polar surface area (TPSA) is 123 Å². The van der Waals surface area contributed by atoms with E-state index in [1.54, 1.807) is 36.5 Å². The third-order valence-electron chi connectivity index (χ3n) is 3.52. The molecule has 0 atom stereocenters. The fourth-order valence-electron chi connectivity index (χ4n) is 2.42. The molecule has 0 saturated carbocycles. The number of pyridine rings is 1. The Bertz CT molecular complexity index is 942. The van der Waals surface area contributed by atoms with E-state index in [-0.39, 0.29) is 11.3 Å². The van der Waals surface area contributed by atoms with Crippen molar-refractivity contribution in [3.8, 4) is 0 Å². The molecule has 0 saturated heterocycles. The Hall–Kier alpha value is -3.52. The first-order valence-corrected chi connectivity index (χ1v) is 7.01. The first-order chi connectivity index (χ1) is 11.6. The van der Waals surface area contributed by atoms with Crippen molar-refractivity contribution in [2.24, 2.45) is 5.84 Å². The molecule has 120 valence electrons. The van der Waals surface area contributed by atoms with E-state index < -0.39 is 10.8 Å². The van der Waals surface area contributed by atoms with Crippen LogP contribution in [0.15, 0.2) is 54.7 Å². The van der Waals surface area contributed by atoms with Gasteiger partial charge in [0.15, 0.2) is 0 Å². The maximum absolute atomic E-state index is 12.5. The number of nitrogen functional groups attached to an aromatic ring is 1. The zero-order valence-corrected chi connectivity index (χ0v) is 12.4. The smallest absolute Gasteiger partial charge is 0.282 e. The molecule has 0 aliphatic heterocycles. The number of rotatable bonds is 4. The molecule has 0 unspecified atom stereocenters. The van der Waals surface area contributed by atoms with Gasteiger partial charge in [0.05, 0.1) is 21.8 Å². The second-order valence-electron chi connectivity index (χ2n) is 4.93. The minimum absolute atomic E-state index is 0.0207. The van der Waals surface area contributed by atoms with E-state index in [0.717, 1.165) is 5.39 Å². The van der Waals surface area contributed by atoms with Crippen molar-refractivity contribution >= 4 is 33.9 Å². The molecule has 1 amide bonds. The summed E-state index contributed by atoms with van der Waals surface area (Å²) >= 11 is 0. The van der Waals surface area contributed by atoms with Crippen LogP contribution in [-0.2, 0) is 0 Å². The first kappa shape index (κ1) is 15.4. The van der Waals surface area contributed by atoms with Gasteiger partial charge in [0, 0.05) is 17.6 Å². The van der Waals surface area contributed by atoms with Crippen molar-refractivity contribution in [2.45, 2.75) is 0 Å². The summed E-state index contributed by atoms with van der Waals surface area (Å²) in [5, 5.41) is 14.5. The lowest BCUT2D eigenvalue weighted by Crippen LogP contribution is -2.14. The van der Waals surface area contributed by atoms with Crippen LogP contribution in [0, 0.1) is 10.1 Å². The maximum atomic E-state index is 12.5. The van der Waals surface area contributed by atoms with Gasteiger partial charge in [0.2, 0.25) is 0 Å². The molecule has 0 spiro atoms. The number of fused-ring (bicyclic) bond motifs is 1. The fraction of sp³-hybridized carbons (Fsp3) is 0. The Morgan fingerprint density at radius 3 is 2.62 bits per heavy atom. The molecule has 0 bridgehead atoms. The minimum atomic E-state index is -0.591. The molecule has 24 heavy (non-hydrogen) atoms. The summed E-state index contributed by atoms with van der Waals surface area (Å²) in [4.78, 5) is 27.2. The number of benzene rings is 2. The largest absolute Gasteiger partial charge is 0.323 e. The van der Waals surface area contributed by atoms with Crippen molar-refractivity contribution < 1.29 is 9.72 Å². The van der Waals surface area contributed by atoms with E-state index >= 15 is 0 Å². The molecular formula is C16H13N5O3. The lowest BCUT2D eigenvalue weighted by molar-refractivity contribution is -0.385. The number of carbonyl (C=O) groups excluding carboxylic acids is 1. The van der Waals surface area contributed by atoms with Crippen molar-refractivity contribution in [3.05, 3.63) is 70.4 Å². The third kappa shape index (κ3) is 2.73. The number of nitrogens with one attached hydrogen (secondary N) is 2. The third-order valence-corrected chi connectivity index (χ3v) is 3.52. The molecule has 8 heteroatoms. The zero-order valence-electron chi connectivity index (χ0n) is 12.4. The molecule has 0 radical (unpaired) electrons. The molecule has 0 aliphatic rings. The molecule has 3 rings (SSSR count). The van der Waals surface area contributed by atoms with Gasteiger partial charge in [-0.1, -0.05) is 24.3 Å². The van der Waals surface area contributed by atoms with Crippen LogP contribution in [0.4, 0.5) is 17.1 Å². The number of anilines is 2. The average Bonchev–Trinajstić information content (AvgIpc) is 2.61. The number of nitrogens with zero attached hydrogens (tertiary/aromatic N) is 2. The monoisotopic (exact) mass is 323 g/mol.